The third-order valence-electron chi connectivity index (χ3n) is 5.48. The van der Waals surface area contributed by atoms with Crippen LogP contribution in [0.25, 0.3) is 0 Å². The average Bonchev–Trinajstić information content (AvgIpc) is 3.08. The number of aliphatic imine (C=N–C) groups is 1. The Kier molecular flexibility index (Phi) is 10.2. The topological polar surface area (TPSA) is 84.2 Å². The molecule has 3 unspecified atom stereocenters. The van der Waals surface area contributed by atoms with E-state index in [1.165, 1.54) is 0 Å². The average molecular weight is 545 g/mol. The molecule has 2 N–H and O–H groups in total. The minimum Gasteiger partial charge on any atom is -0.354 e. The highest BCUT2D eigenvalue weighted by atomic mass is 127. The van der Waals surface area contributed by atoms with Gasteiger partial charge in [0, 0.05) is 34.9 Å². The van der Waals surface area contributed by atoms with Crippen LogP contribution in [0, 0.1) is 6.92 Å². The summed E-state index contributed by atoms with van der Waals surface area (Å²) in [5.74, 6) is 3.25. The Morgan fingerprint density at radius 1 is 1.27 bits per heavy atom. The molecule has 0 bridgehead atoms. The van der Waals surface area contributed by atoms with Crippen molar-refractivity contribution < 1.29 is 4.21 Å². The van der Waals surface area contributed by atoms with Crippen molar-refractivity contribution in [1.29, 1.82) is 0 Å². The number of guanidine groups is 1. The molecular weight excluding hydrogens is 511 g/mol. The fourth-order valence-corrected chi connectivity index (χ4v) is 4.97. The lowest BCUT2D eigenvalue weighted by molar-refractivity contribution is 0.413. The summed E-state index contributed by atoms with van der Waals surface area (Å²) in [6.07, 6.45) is 4.16. The van der Waals surface area contributed by atoms with E-state index < -0.39 is 10.8 Å². The van der Waals surface area contributed by atoms with E-state index in [4.69, 9.17) is 4.99 Å². The molecular formula is C21H33IN6OS. The van der Waals surface area contributed by atoms with E-state index in [9.17, 15) is 4.21 Å². The van der Waals surface area contributed by atoms with Crippen molar-refractivity contribution in [3.8, 4) is 0 Å². The summed E-state index contributed by atoms with van der Waals surface area (Å²) < 4.78 is 14.3. The molecule has 0 radical (unpaired) electrons. The van der Waals surface area contributed by atoms with Gasteiger partial charge in [0.25, 0.3) is 0 Å². The normalized spacial score (nSPS) is 20.3. The van der Waals surface area contributed by atoms with E-state index in [0.29, 0.717) is 13.1 Å². The molecule has 7 nitrogen and oxygen atoms in total. The Labute approximate surface area is 199 Å². The molecule has 1 aliphatic rings. The summed E-state index contributed by atoms with van der Waals surface area (Å²) in [5.41, 5.74) is 1.16. The standard InChI is InChI=1S/C21H32N6OS.HI/c1-4-29(28)19-12-8-11-18(13-19)24-21(22-14-17-9-6-5-7-10-17)23-15-20-26-25-16(2)27(20)3;/h5-7,9-10,18-19H,4,8,11-15H2,1-3H3,(H2,22,23,24);1H. The molecule has 0 saturated heterocycles. The third kappa shape index (κ3) is 7.04. The lowest BCUT2D eigenvalue weighted by Gasteiger charge is -2.30. The molecule has 30 heavy (non-hydrogen) atoms. The van der Waals surface area contributed by atoms with Crippen LogP contribution in [0.5, 0.6) is 0 Å². The van der Waals surface area contributed by atoms with Crippen molar-refractivity contribution in [3.63, 3.8) is 0 Å². The number of hydrogen-bond acceptors (Lipinski definition) is 4. The van der Waals surface area contributed by atoms with Gasteiger partial charge >= 0.3 is 0 Å². The number of aryl methyl sites for hydroxylation is 1. The Balaban J connectivity index is 0.00000320. The largest absolute Gasteiger partial charge is 0.354 e. The van der Waals surface area contributed by atoms with Crippen LogP contribution in [0.3, 0.4) is 0 Å². The molecule has 3 atom stereocenters. The predicted molar refractivity (Wildman–Crippen MR) is 133 cm³/mol. The van der Waals surface area contributed by atoms with Crippen molar-refractivity contribution in [2.24, 2.45) is 12.0 Å². The molecule has 2 aromatic rings. The van der Waals surface area contributed by atoms with Crippen molar-refractivity contribution in [2.75, 3.05) is 5.75 Å². The van der Waals surface area contributed by atoms with Crippen molar-refractivity contribution in [2.45, 2.75) is 63.9 Å². The SMILES string of the molecule is CCS(=O)C1CCCC(NC(=NCc2ccccc2)NCc2nnc(C)n2C)C1.I. The van der Waals surface area contributed by atoms with Gasteiger partial charge in [-0.05, 0) is 31.7 Å². The van der Waals surface area contributed by atoms with Gasteiger partial charge in [-0.1, -0.05) is 43.7 Å². The molecule has 1 aromatic heterocycles. The first-order chi connectivity index (χ1) is 14.1. The molecule has 0 amide bonds. The van der Waals surface area contributed by atoms with Gasteiger partial charge in [0.15, 0.2) is 11.8 Å². The second kappa shape index (κ2) is 12.4. The van der Waals surface area contributed by atoms with Crippen LogP contribution < -0.4 is 10.6 Å². The number of nitrogens with one attached hydrogen (secondary N) is 2. The van der Waals surface area contributed by atoms with Crippen molar-refractivity contribution in [1.82, 2.24) is 25.4 Å². The molecule has 1 aromatic carbocycles. The summed E-state index contributed by atoms with van der Waals surface area (Å²) in [4.78, 5) is 4.79. The maximum atomic E-state index is 12.3. The molecule has 1 heterocycles. The molecule has 0 spiro atoms. The summed E-state index contributed by atoms with van der Waals surface area (Å²) in [6, 6.07) is 10.5. The summed E-state index contributed by atoms with van der Waals surface area (Å²) in [7, 11) is 1.23. The highest BCUT2D eigenvalue weighted by Gasteiger charge is 2.26. The van der Waals surface area contributed by atoms with Crippen LogP contribution in [-0.4, -0.2) is 42.0 Å². The maximum absolute atomic E-state index is 12.3. The number of nitrogens with zero attached hydrogens (tertiary/aromatic N) is 4. The molecule has 1 saturated carbocycles. The van der Waals surface area contributed by atoms with Crippen LogP contribution in [0.4, 0.5) is 0 Å². The van der Waals surface area contributed by atoms with Gasteiger partial charge in [-0.2, -0.15) is 0 Å². The number of aromatic nitrogens is 3. The van der Waals surface area contributed by atoms with Crippen LogP contribution >= 0.6 is 24.0 Å². The Bertz CT molecular complexity index is 841. The summed E-state index contributed by atoms with van der Waals surface area (Å²) >= 11 is 0. The summed E-state index contributed by atoms with van der Waals surface area (Å²) in [5, 5.41) is 15.6. The second-order valence-electron chi connectivity index (χ2n) is 7.53. The fourth-order valence-electron chi connectivity index (χ4n) is 3.62. The number of halogens is 1. The zero-order valence-corrected chi connectivity index (χ0v) is 21.2. The van der Waals surface area contributed by atoms with Gasteiger partial charge < -0.3 is 15.2 Å². The van der Waals surface area contributed by atoms with Gasteiger partial charge in [0.2, 0.25) is 0 Å². The van der Waals surface area contributed by atoms with Gasteiger partial charge in [0.1, 0.15) is 5.82 Å². The third-order valence-corrected chi connectivity index (χ3v) is 7.22. The monoisotopic (exact) mass is 544 g/mol. The van der Waals surface area contributed by atoms with Gasteiger partial charge in [-0.3, -0.25) is 4.21 Å². The lowest BCUT2D eigenvalue weighted by Crippen LogP contribution is -2.46. The Hall–Kier alpha value is -1.49. The molecule has 1 aliphatic carbocycles. The summed E-state index contributed by atoms with van der Waals surface area (Å²) in [6.45, 7) is 5.10. The quantitative estimate of drug-likeness (QED) is 0.318. The molecule has 1 fully saturated rings. The zero-order valence-electron chi connectivity index (χ0n) is 18.0. The first kappa shape index (κ1) is 24.8. The van der Waals surface area contributed by atoms with Gasteiger partial charge in [0.05, 0.1) is 13.1 Å². The van der Waals surface area contributed by atoms with Crippen LogP contribution in [-0.2, 0) is 30.9 Å². The molecule has 0 aliphatic heterocycles. The molecule has 9 heteroatoms. The van der Waals surface area contributed by atoms with E-state index >= 15 is 0 Å². The molecule has 166 valence electrons. The number of hydrogen-bond donors (Lipinski definition) is 2. The second-order valence-corrected chi connectivity index (χ2v) is 9.53. The number of rotatable bonds is 7. The zero-order chi connectivity index (χ0) is 20.6. The van der Waals surface area contributed by atoms with E-state index in [1.54, 1.807) is 0 Å². The van der Waals surface area contributed by atoms with Gasteiger partial charge in [-0.15, -0.1) is 34.2 Å². The minimum atomic E-state index is -0.738. The maximum Gasteiger partial charge on any atom is 0.192 e. The highest BCUT2D eigenvalue weighted by Crippen LogP contribution is 2.23. The van der Waals surface area contributed by atoms with E-state index in [0.717, 1.165) is 54.6 Å². The minimum absolute atomic E-state index is 0. The van der Waals surface area contributed by atoms with Crippen molar-refractivity contribution >= 4 is 40.7 Å². The van der Waals surface area contributed by atoms with Crippen molar-refractivity contribution in [3.05, 3.63) is 47.5 Å². The highest BCUT2D eigenvalue weighted by molar-refractivity contribution is 14.0. The van der Waals surface area contributed by atoms with Crippen LogP contribution in [0.2, 0.25) is 0 Å². The van der Waals surface area contributed by atoms with E-state index in [2.05, 4.69) is 33.0 Å². The van der Waals surface area contributed by atoms with Crippen LogP contribution in [0.15, 0.2) is 35.3 Å². The Morgan fingerprint density at radius 2 is 2.03 bits per heavy atom. The first-order valence-corrected chi connectivity index (χ1v) is 11.8. The lowest BCUT2D eigenvalue weighted by atomic mass is 9.95. The number of benzene rings is 1. The van der Waals surface area contributed by atoms with Gasteiger partial charge in [-0.25, -0.2) is 4.99 Å². The Morgan fingerprint density at radius 3 is 2.70 bits per heavy atom. The fraction of sp³-hybridized carbons (Fsp3) is 0.571. The molecule has 3 rings (SSSR count). The smallest absolute Gasteiger partial charge is 0.192 e. The van der Waals surface area contributed by atoms with Crippen LogP contribution in [0.1, 0.15) is 49.8 Å². The van der Waals surface area contributed by atoms with E-state index in [1.807, 2.05) is 43.7 Å². The first-order valence-electron chi connectivity index (χ1n) is 10.4. The van der Waals surface area contributed by atoms with E-state index in [-0.39, 0.29) is 35.3 Å². The predicted octanol–water partition coefficient (Wildman–Crippen LogP) is 3.06.